The third kappa shape index (κ3) is 3.91. The Bertz CT molecular complexity index is 915. The number of benzene rings is 2. The molecule has 0 spiro atoms. The van der Waals surface area contributed by atoms with Gasteiger partial charge in [-0.25, -0.2) is 8.78 Å². The van der Waals surface area contributed by atoms with Crippen molar-refractivity contribution in [3.05, 3.63) is 76.5 Å². The number of carbonyl (C=O) groups is 1. The van der Waals surface area contributed by atoms with Gasteiger partial charge in [0, 0.05) is 17.7 Å². The normalized spacial score (nSPS) is 10.7. The lowest BCUT2D eigenvalue weighted by Crippen LogP contribution is -2.23. The minimum Gasteiger partial charge on any atom is -0.356 e. The summed E-state index contributed by atoms with van der Waals surface area (Å²) in [4.78, 5) is 12.2. The van der Waals surface area contributed by atoms with Crippen LogP contribution in [0.15, 0.2) is 47.0 Å². The summed E-state index contributed by atoms with van der Waals surface area (Å²) in [6.45, 7) is 3.98. The van der Waals surface area contributed by atoms with Gasteiger partial charge in [0.05, 0.1) is 12.1 Å². The lowest BCUT2D eigenvalue weighted by molar-refractivity contribution is 0.0950. The number of carbonyl (C=O) groups excluding carboxylic acids is 1. The second-order valence-electron chi connectivity index (χ2n) is 5.87. The summed E-state index contributed by atoms with van der Waals surface area (Å²) >= 11 is 0. The summed E-state index contributed by atoms with van der Waals surface area (Å²) in [7, 11) is 0. The molecule has 2 aromatic carbocycles. The Morgan fingerprint density at radius 2 is 1.80 bits per heavy atom. The fourth-order valence-electron chi connectivity index (χ4n) is 2.59. The van der Waals surface area contributed by atoms with Gasteiger partial charge in [0.15, 0.2) is 5.76 Å². The second-order valence-corrected chi connectivity index (χ2v) is 5.87. The van der Waals surface area contributed by atoms with Crippen LogP contribution in [0.4, 0.5) is 8.78 Å². The minimum atomic E-state index is -0.734. The first-order chi connectivity index (χ1) is 11.9. The SMILES string of the molecule is Cc1cc(C)cc(C(=O)NCc2cc(-c3ccc(F)cc3F)on2)c1. The monoisotopic (exact) mass is 342 g/mol. The van der Waals surface area contributed by atoms with Gasteiger partial charge in [0.2, 0.25) is 0 Å². The molecule has 128 valence electrons. The van der Waals surface area contributed by atoms with Gasteiger partial charge in [0.1, 0.15) is 17.3 Å². The van der Waals surface area contributed by atoms with E-state index in [4.69, 9.17) is 4.52 Å². The molecule has 1 amide bonds. The summed E-state index contributed by atoms with van der Waals surface area (Å²) in [6, 6.07) is 10.3. The maximum Gasteiger partial charge on any atom is 0.251 e. The molecule has 4 nitrogen and oxygen atoms in total. The highest BCUT2D eigenvalue weighted by molar-refractivity contribution is 5.94. The maximum absolute atomic E-state index is 13.8. The van der Waals surface area contributed by atoms with E-state index in [1.165, 1.54) is 12.1 Å². The molecule has 0 saturated carbocycles. The highest BCUT2D eigenvalue weighted by Crippen LogP contribution is 2.24. The molecule has 0 aliphatic rings. The van der Waals surface area contributed by atoms with E-state index >= 15 is 0 Å². The van der Waals surface area contributed by atoms with E-state index < -0.39 is 11.6 Å². The van der Waals surface area contributed by atoms with Crippen molar-refractivity contribution in [3.63, 3.8) is 0 Å². The van der Waals surface area contributed by atoms with Gasteiger partial charge in [-0.3, -0.25) is 4.79 Å². The zero-order valence-corrected chi connectivity index (χ0v) is 13.8. The van der Waals surface area contributed by atoms with Crippen LogP contribution in [0, 0.1) is 25.5 Å². The fourth-order valence-corrected chi connectivity index (χ4v) is 2.59. The molecule has 1 heterocycles. The summed E-state index contributed by atoms with van der Waals surface area (Å²) in [5.41, 5.74) is 3.12. The van der Waals surface area contributed by atoms with Gasteiger partial charge in [-0.15, -0.1) is 0 Å². The Kier molecular flexibility index (Phi) is 4.61. The van der Waals surface area contributed by atoms with E-state index in [0.717, 1.165) is 23.3 Å². The number of hydrogen-bond acceptors (Lipinski definition) is 3. The molecule has 0 radical (unpaired) electrons. The predicted molar refractivity (Wildman–Crippen MR) is 88.9 cm³/mol. The smallest absolute Gasteiger partial charge is 0.251 e. The number of rotatable bonds is 4. The van der Waals surface area contributed by atoms with Gasteiger partial charge in [0.25, 0.3) is 5.91 Å². The first-order valence-corrected chi connectivity index (χ1v) is 7.70. The second kappa shape index (κ2) is 6.84. The topological polar surface area (TPSA) is 55.1 Å². The van der Waals surface area contributed by atoms with Crippen LogP contribution in [0.5, 0.6) is 0 Å². The van der Waals surface area contributed by atoms with Crippen LogP contribution in [-0.2, 0) is 6.54 Å². The van der Waals surface area contributed by atoms with Gasteiger partial charge >= 0.3 is 0 Å². The Balaban J connectivity index is 1.70. The molecule has 3 aromatic rings. The van der Waals surface area contributed by atoms with Crippen molar-refractivity contribution < 1.29 is 18.1 Å². The van der Waals surface area contributed by atoms with Gasteiger partial charge in [-0.1, -0.05) is 22.3 Å². The molecule has 25 heavy (non-hydrogen) atoms. The summed E-state index contributed by atoms with van der Waals surface area (Å²) in [5.74, 6) is -1.46. The van der Waals surface area contributed by atoms with E-state index in [-0.39, 0.29) is 23.8 Å². The molecule has 1 aromatic heterocycles. The van der Waals surface area contributed by atoms with Gasteiger partial charge < -0.3 is 9.84 Å². The molecule has 0 aliphatic carbocycles. The third-order valence-corrected chi connectivity index (χ3v) is 3.67. The van der Waals surface area contributed by atoms with Crippen LogP contribution in [0.25, 0.3) is 11.3 Å². The van der Waals surface area contributed by atoms with Crippen molar-refractivity contribution in [1.29, 1.82) is 0 Å². The molecule has 0 fully saturated rings. The quantitative estimate of drug-likeness (QED) is 0.774. The van der Waals surface area contributed by atoms with Crippen LogP contribution in [0.3, 0.4) is 0 Å². The molecule has 0 unspecified atom stereocenters. The van der Waals surface area contributed by atoms with E-state index in [1.54, 1.807) is 12.1 Å². The van der Waals surface area contributed by atoms with Crippen LogP contribution in [-0.4, -0.2) is 11.1 Å². The Morgan fingerprint density at radius 1 is 1.08 bits per heavy atom. The standard InChI is InChI=1S/C19H16F2N2O2/c1-11-5-12(2)7-13(6-11)19(24)22-10-15-9-18(25-23-15)16-4-3-14(20)8-17(16)21/h3-9H,10H2,1-2H3,(H,22,24). The molecule has 0 atom stereocenters. The van der Waals surface area contributed by atoms with Crippen molar-refractivity contribution in [2.24, 2.45) is 0 Å². The molecule has 3 rings (SSSR count). The van der Waals surface area contributed by atoms with Crippen molar-refractivity contribution in [2.45, 2.75) is 20.4 Å². The first-order valence-electron chi connectivity index (χ1n) is 7.70. The van der Waals surface area contributed by atoms with E-state index in [2.05, 4.69) is 10.5 Å². The number of hydrogen-bond donors (Lipinski definition) is 1. The number of aryl methyl sites for hydroxylation is 2. The van der Waals surface area contributed by atoms with Gasteiger partial charge in [-0.05, 0) is 38.1 Å². The van der Waals surface area contributed by atoms with Crippen molar-refractivity contribution in [1.82, 2.24) is 10.5 Å². The largest absolute Gasteiger partial charge is 0.356 e. The zero-order valence-electron chi connectivity index (χ0n) is 13.8. The molecule has 0 aliphatic heterocycles. The highest BCUT2D eigenvalue weighted by Gasteiger charge is 2.13. The summed E-state index contributed by atoms with van der Waals surface area (Å²) in [6.07, 6.45) is 0. The van der Waals surface area contributed by atoms with Crippen LogP contribution in [0.1, 0.15) is 27.2 Å². The zero-order chi connectivity index (χ0) is 18.0. The average molecular weight is 342 g/mol. The summed E-state index contributed by atoms with van der Waals surface area (Å²) < 4.78 is 31.8. The molecule has 6 heteroatoms. The maximum atomic E-state index is 13.8. The Morgan fingerprint density at radius 3 is 2.48 bits per heavy atom. The van der Waals surface area contributed by atoms with Crippen LogP contribution >= 0.6 is 0 Å². The minimum absolute atomic E-state index is 0.112. The average Bonchev–Trinajstić information content (AvgIpc) is 3.00. The summed E-state index contributed by atoms with van der Waals surface area (Å²) in [5, 5.41) is 6.55. The molecular formula is C19H16F2N2O2. The predicted octanol–water partition coefficient (Wildman–Crippen LogP) is 4.17. The molecule has 0 bridgehead atoms. The van der Waals surface area contributed by atoms with Crippen molar-refractivity contribution in [2.75, 3.05) is 0 Å². The van der Waals surface area contributed by atoms with E-state index in [0.29, 0.717) is 11.3 Å². The lowest BCUT2D eigenvalue weighted by Gasteiger charge is -2.05. The van der Waals surface area contributed by atoms with E-state index in [9.17, 15) is 13.6 Å². The number of aromatic nitrogens is 1. The Labute approximate surface area is 143 Å². The fraction of sp³-hybridized carbons (Fsp3) is 0.158. The van der Waals surface area contributed by atoms with Gasteiger partial charge in [-0.2, -0.15) is 0 Å². The molecule has 1 N–H and O–H groups in total. The molecular weight excluding hydrogens is 326 g/mol. The van der Waals surface area contributed by atoms with Crippen LogP contribution in [0.2, 0.25) is 0 Å². The third-order valence-electron chi connectivity index (χ3n) is 3.67. The first kappa shape index (κ1) is 16.8. The number of nitrogens with one attached hydrogen (secondary N) is 1. The van der Waals surface area contributed by atoms with Crippen molar-refractivity contribution >= 4 is 5.91 Å². The number of amides is 1. The number of halogens is 2. The highest BCUT2D eigenvalue weighted by atomic mass is 19.1. The van der Waals surface area contributed by atoms with E-state index in [1.807, 2.05) is 19.9 Å². The van der Waals surface area contributed by atoms with Crippen LogP contribution < -0.4 is 5.32 Å². The lowest BCUT2D eigenvalue weighted by atomic mass is 10.1. The molecule has 0 saturated heterocycles. The Hall–Kier alpha value is -3.02. The van der Waals surface area contributed by atoms with Crippen molar-refractivity contribution in [3.8, 4) is 11.3 Å². The number of nitrogens with zero attached hydrogens (tertiary/aromatic N) is 1.